The van der Waals surface area contributed by atoms with E-state index in [9.17, 15) is 32.4 Å². The Labute approximate surface area is 213 Å². The number of alkyl halides is 4. The maximum Gasteiger partial charge on any atom is 0.402 e. The number of carbonyl (C=O) groups excluding carboxylic acids is 2. The summed E-state index contributed by atoms with van der Waals surface area (Å²) in [6.07, 6.45) is -4.12. The van der Waals surface area contributed by atoms with Gasteiger partial charge in [-0.3, -0.25) is 9.59 Å². The molecule has 2 amide bonds. The number of likely N-dealkylation sites (tertiary alicyclic amines) is 1. The van der Waals surface area contributed by atoms with Gasteiger partial charge in [0.05, 0.1) is 31.0 Å². The number of nitrogens with zero attached hydrogens (tertiary/aromatic N) is 6. The summed E-state index contributed by atoms with van der Waals surface area (Å²) in [5.74, 6) is -2.15. The molecular formula is C23H22F4N8O3. The van der Waals surface area contributed by atoms with Crippen molar-refractivity contribution in [3.63, 3.8) is 0 Å². The van der Waals surface area contributed by atoms with Crippen molar-refractivity contribution in [2.24, 2.45) is 5.41 Å². The Kier molecular flexibility index (Phi) is 6.60. The summed E-state index contributed by atoms with van der Waals surface area (Å²) in [5.41, 5.74) is 4.06. The van der Waals surface area contributed by atoms with Gasteiger partial charge in [0.1, 0.15) is 35.1 Å². The molecule has 200 valence electrons. The molecule has 0 bridgehead atoms. The quantitative estimate of drug-likeness (QED) is 0.473. The lowest BCUT2D eigenvalue weighted by Gasteiger charge is -2.30. The Bertz CT molecular complexity index is 1460. The van der Waals surface area contributed by atoms with Crippen molar-refractivity contribution < 1.29 is 31.9 Å². The van der Waals surface area contributed by atoms with Crippen LogP contribution in [-0.4, -0.2) is 74.9 Å². The van der Waals surface area contributed by atoms with Crippen molar-refractivity contribution in [1.82, 2.24) is 29.8 Å². The van der Waals surface area contributed by atoms with Crippen molar-refractivity contribution in [2.75, 3.05) is 25.9 Å². The van der Waals surface area contributed by atoms with Crippen LogP contribution in [0.5, 0.6) is 5.88 Å². The minimum Gasteiger partial charge on any atom is -0.480 e. The van der Waals surface area contributed by atoms with Crippen LogP contribution in [0.4, 0.5) is 23.4 Å². The number of rotatable bonds is 5. The number of nitrogens with two attached hydrogens (primary N) is 1. The number of fused-ring (bicyclic) bond motifs is 1. The second-order valence-corrected chi connectivity index (χ2v) is 9.17. The largest absolute Gasteiger partial charge is 0.480 e. The molecule has 0 aromatic carbocycles. The van der Waals surface area contributed by atoms with E-state index in [1.54, 1.807) is 0 Å². The number of hydrogen-bond donors (Lipinski definition) is 2. The van der Waals surface area contributed by atoms with Gasteiger partial charge in [-0.1, -0.05) is 0 Å². The Hall–Kier alpha value is -4.48. The number of aromatic nitrogens is 4. The van der Waals surface area contributed by atoms with Gasteiger partial charge in [0.2, 0.25) is 11.8 Å². The number of amides is 2. The van der Waals surface area contributed by atoms with Gasteiger partial charge in [-0.15, -0.1) is 0 Å². The van der Waals surface area contributed by atoms with Crippen molar-refractivity contribution in [3.8, 4) is 23.2 Å². The number of nitrogen functional groups attached to an aromatic ring is 1. The maximum absolute atomic E-state index is 14.8. The second kappa shape index (κ2) is 9.43. The molecule has 2 atom stereocenters. The molecule has 3 aromatic rings. The monoisotopic (exact) mass is 534 g/mol. The zero-order chi connectivity index (χ0) is 28.0. The van der Waals surface area contributed by atoms with Gasteiger partial charge in [-0.25, -0.2) is 18.9 Å². The first-order valence-corrected chi connectivity index (χ1v) is 11.2. The molecule has 1 aliphatic heterocycles. The van der Waals surface area contributed by atoms with Crippen molar-refractivity contribution in [1.29, 1.82) is 5.26 Å². The number of nitriles is 1. The third-order valence-electron chi connectivity index (χ3n) is 6.38. The lowest BCUT2D eigenvalue weighted by Crippen LogP contribution is -2.49. The molecule has 0 spiro atoms. The summed E-state index contributed by atoms with van der Waals surface area (Å²) in [6, 6.07) is 3.56. The fourth-order valence-electron chi connectivity index (χ4n) is 4.11. The highest BCUT2D eigenvalue weighted by Crippen LogP contribution is 2.40. The first-order chi connectivity index (χ1) is 17.8. The van der Waals surface area contributed by atoms with Crippen molar-refractivity contribution in [2.45, 2.75) is 32.2 Å². The van der Waals surface area contributed by atoms with Crippen LogP contribution in [0.2, 0.25) is 0 Å². The van der Waals surface area contributed by atoms with E-state index in [4.69, 9.17) is 10.5 Å². The maximum atomic E-state index is 14.8. The molecule has 15 heteroatoms. The van der Waals surface area contributed by atoms with Crippen LogP contribution in [0, 0.1) is 16.7 Å². The molecule has 0 unspecified atom stereocenters. The molecule has 3 N–H and O–H groups in total. The van der Waals surface area contributed by atoms with Gasteiger partial charge >= 0.3 is 6.18 Å². The van der Waals surface area contributed by atoms with E-state index in [-0.39, 0.29) is 34.1 Å². The number of halogens is 4. The number of nitrogens with one attached hydrogen (secondary N) is 1. The van der Waals surface area contributed by atoms with E-state index in [2.05, 4.69) is 20.4 Å². The molecule has 38 heavy (non-hydrogen) atoms. The van der Waals surface area contributed by atoms with Crippen molar-refractivity contribution >= 4 is 23.1 Å². The van der Waals surface area contributed by atoms with Crippen LogP contribution in [0.25, 0.3) is 16.8 Å². The third kappa shape index (κ3) is 4.42. The molecule has 1 aliphatic rings. The minimum absolute atomic E-state index is 0.116. The topological polar surface area (TPSA) is 152 Å². The molecule has 4 rings (SSSR count). The number of pyridine rings is 1. The van der Waals surface area contributed by atoms with Crippen LogP contribution < -0.4 is 15.8 Å². The second-order valence-electron chi connectivity index (χ2n) is 9.17. The highest BCUT2D eigenvalue weighted by atomic mass is 19.4. The lowest BCUT2D eigenvalue weighted by atomic mass is 9.91. The summed E-state index contributed by atoms with van der Waals surface area (Å²) < 4.78 is 61.2. The van der Waals surface area contributed by atoms with Crippen LogP contribution in [0.3, 0.4) is 0 Å². The highest BCUT2D eigenvalue weighted by Gasteiger charge is 2.55. The van der Waals surface area contributed by atoms with Gasteiger partial charge in [-0.05, 0) is 26.0 Å². The van der Waals surface area contributed by atoms with E-state index in [1.165, 1.54) is 36.3 Å². The van der Waals surface area contributed by atoms with E-state index in [0.29, 0.717) is 5.52 Å². The lowest BCUT2D eigenvalue weighted by molar-refractivity contribution is -0.216. The normalized spacial score (nSPS) is 17.9. The van der Waals surface area contributed by atoms with Gasteiger partial charge in [0, 0.05) is 18.3 Å². The van der Waals surface area contributed by atoms with Crippen molar-refractivity contribution in [3.05, 3.63) is 35.8 Å². The van der Waals surface area contributed by atoms with E-state index in [1.807, 2.05) is 6.07 Å². The van der Waals surface area contributed by atoms with Crippen LogP contribution in [-0.2, 0) is 4.79 Å². The number of anilines is 1. The Morgan fingerprint density at radius 2 is 1.95 bits per heavy atom. The standard InChI is InChI=1S/C23H22F4N8O3/c1-22(2,23(25,26)27)21(37)34-8-14(24)15(9-34)33-19(36)13-4-12(7-30-20(13)38-3)17-11(6-28)5-16-18(29)31-10-32-35(16)17/h4-5,7,10,14-15H,8-9H2,1-3H3,(H,33,36)(H2,29,31,32)/t14-,15+/m0/s1. The van der Waals surface area contributed by atoms with E-state index >= 15 is 0 Å². The predicted molar refractivity (Wildman–Crippen MR) is 124 cm³/mol. The first-order valence-electron chi connectivity index (χ1n) is 11.2. The predicted octanol–water partition coefficient (Wildman–Crippen LogP) is 2.12. The first kappa shape index (κ1) is 26.6. The SMILES string of the molecule is COc1ncc(-c2c(C#N)cc3c(N)ncnn23)cc1C(=O)N[C@@H]1CN(C(=O)C(C)(C)C(F)(F)F)C[C@@H]1F. The fraction of sp³-hybridized carbons (Fsp3) is 0.391. The zero-order valence-electron chi connectivity index (χ0n) is 20.4. The van der Waals surface area contributed by atoms with E-state index in [0.717, 1.165) is 18.7 Å². The molecule has 3 aromatic heterocycles. The number of ether oxygens (including phenoxy) is 1. The average molecular weight is 534 g/mol. The molecule has 1 fully saturated rings. The number of methoxy groups -OCH3 is 1. The van der Waals surface area contributed by atoms with Crippen LogP contribution >= 0.6 is 0 Å². The molecule has 4 heterocycles. The molecular weight excluding hydrogens is 512 g/mol. The fourth-order valence-corrected chi connectivity index (χ4v) is 4.11. The molecule has 0 saturated carbocycles. The smallest absolute Gasteiger partial charge is 0.402 e. The van der Waals surface area contributed by atoms with Crippen LogP contribution in [0.15, 0.2) is 24.7 Å². The minimum atomic E-state index is -4.84. The van der Waals surface area contributed by atoms with Crippen LogP contribution in [0.1, 0.15) is 29.8 Å². The van der Waals surface area contributed by atoms with Gasteiger partial charge in [0.15, 0.2) is 5.82 Å². The highest BCUT2D eigenvalue weighted by molar-refractivity contribution is 5.98. The molecule has 0 aliphatic carbocycles. The Morgan fingerprint density at radius 1 is 1.24 bits per heavy atom. The summed E-state index contributed by atoms with van der Waals surface area (Å²) in [7, 11) is 1.26. The van der Waals surface area contributed by atoms with E-state index < -0.39 is 48.7 Å². The summed E-state index contributed by atoms with van der Waals surface area (Å²) in [5, 5.41) is 16.1. The average Bonchev–Trinajstić information content (AvgIpc) is 3.43. The van der Waals surface area contributed by atoms with Gasteiger partial charge in [-0.2, -0.15) is 23.5 Å². The number of hydrogen-bond acceptors (Lipinski definition) is 8. The number of carbonyl (C=O) groups is 2. The summed E-state index contributed by atoms with van der Waals surface area (Å²) >= 11 is 0. The summed E-state index contributed by atoms with van der Waals surface area (Å²) in [4.78, 5) is 34.4. The molecule has 1 saturated heterocycles. The molecule has 11 nitrogen and oxygen atoms in total. The van der Waals surface area contributed by atoms with Gasteiger partial charge < -0.3 is 20.7 Å². The Balaban J connectivity index is 1.63. The third-order valence-corrected chi connectivity index (χ3v) is 6.38. The van der Waals surface area contributed by atoms with Gasteiger partial charge in [0.25, 0.3) is 5.91 Å². The summed E-state index contributed by atoms with van der Waals surface area (Å²) in [6.45, 7) is 0.367. The zero-order valence-corrected chi connectivity index (χ0v) is 20.4. The molecule has 0 radical (unpaired) electrons. The Morgan fingerprint density at radius 3 is 2.58 bits per heavy atom.